The second kappa shape index (κ2) is 9.71. The number of ether oxygens (including phenoxy) is 1. The van der Waals surface area contributed by atoms with Crippen molar-refractivity contribution in [2.24, 2.45) is 0 Å². The summed E-state index contributed by atoms with van der Waals surface area (Å²) in [4.78, 5) is 35.4. The molecule has 160 valence electrons. The second-order valence-electron chi connectivity index (χ2n) is 7.25. The van der Waals surface area contributed by atoms with E-state index in [9.17, 15) is 14.4 Å². The van der Waals surface area contributed by atoms with Gasteiger partial charge in [0.1, 0.15) is 11.3 Å². The van der Waals surface area contributed by atoms with Crippen molar-refractivity contribution in [2.45, 2.75) is 26.7 Å². The van der Waals surface area contributed by atoms with E-state index in [0.29, 0.717) is 11.6 Å². The van der Waals surface area contributed by atoms with Crippen LogP contribution >= 0.6 is 0 Å². The number of benzene rings is 2. The van der Waals surface area contributed by atoms with Gasteiger partial charge in [0, 0.05) is 18.7 Å². The Kier molecular flexibility index (Phi) is 6.81. The molecule has 0 aliphatic heterocycles. The van der Waals surface area contributed by atoms with Crippen molar-refractivity contribution in [2.75, 3.05) is 6.61 Å². The van der Waals surface area contributed by atoms with Gasteiger partial charge in [-0.3, -0.25) is 20.4 Å². The number of aromatic nitrogens is 2. The van der Waals surface area contributed by atoms with Gasteiger partial charge in [0.2, 0.25) is 5.91 Å². The highest BCUT2D eigenvalue weighted by molar-refractivity contribution is 5.97. The summed E-state index contributed by atoms with van der Waals surface area (Å²) < 4.78 is 6.74. The number of rotatable bonds is 6. The first-order valence-corrected chi connectivity index (χ1v) is 9.83. The number of nitrogens with zero attached hydrogens (tertiary/aromatic N) is 2. The van der Waals surface area contributed by atoms with Gasteiger partial charge in [-0.1, -0.05) is 56.3 Å². The van der Waals surface area contributed by atoms with E-state index in [-0.39, 0.29) is 5.56 Å². The second-order valence-corrected chi connectivity index (χ2v) is 7.25. The Labute approximate surface area is 180 Å². The standard InChI is InChI=1S/C23H24N4O4/c1-15(2)17-9-11-18(12-10-17)22-20(13-27(26-22)19-7-5-4-6-8-19)23(30)31-14-21(29)25-24-16(3)28/h4-13,15H,14H2,1-3H3,(H,24,28)(H,25,29). The molecule has 1 aromatic heterocycles. The van der Waals surface area contributed by atoms with Gasteiger partial charge in [-0.2, -0.15) is 5.10 Å². The molecular weight excluding hydrogens is 396 g/mol. The summed E-state index contributed by atoms with van der Waals surface area (Å²) in [5, 5.41) is 4.59. The third-order valence-electron chi connectivity index (χ3n) is 4.52. The lowest BCUT2D eigenvalue weighted by Crippen LogP contribution is -2.42. The summed E-state index contributed by atoms with van der Waals surface area (Å²) in [6.07, 6.45) is 1.58. The van der Waals surface area contributed by atoms with Crippen LogP contribution in [0.25, 0.3) is 16.9 Å². The number of hydrogen-bond donors (Lipinski definition) is 2. The monoisotopic (exact) mass is 420 g/mol. The first-order valence-electron chi connectivity index (χ1n) is 9.83. The minimum absolute atomic E-state index is 0.230. The SMILES string of the molecule is CC(=O)NNC(=O)COC(=O)c1cn(-c2ccccc2)nc1-c1ccc(C(C)C)cc1. The summed E-state index contributed by atoms with van der Waals surface area (Å²) in [5.41, 5.74) is 7.68. The number of hydrogen-bond acceptors (Lipinski definition) is 5. The average molecular weight is 420 g/mol. The smallest absolute Gasteiger partial charge is 0.342 e. The molecule has 0 aliphatic carbocycles. The molecule has 0 fully saturated rings. The molecule has 2 amide bonds. The van der Waals surface area contributed by atoms with Crippen LogP contribution in [0.5, 0.6) is 0 Å². The molecule has 0 unspecified atom stereocenters. The zero-order chi connectivity index (χ0) is 22.4. The van der Waals surface area contributed by atoms with Crippen LogP contribution in [0.3, 0.4) is 0 Å². The zero-order valence-electron chi connectivity index (χ0n) is 17.6. The third-order valence-corrected chi connectivity index (χ3v) is 4.52. The Balaban J connectivity index is 1.88. The quantitative estimate of drug-likeness (QED) is 0.471. The first-order chi connectivity index (χ1) is 14.8. The number of esters is 1. The molecule has 0 bridgehead atoms. The zero-order valence-corrected chi connectivity index (χ0v) is 17.6. The maximum Gasteiger partial charge on any atom is 0.342 e. The molecule has 0 radical (unpaired) electrons. The maximum absolute atomic E-state index is 12.8. The Morgan fingerprint density at radius 1 is 1.00 bits per heavy atom. The number of carbonyl (C=O) groups excluding carboxylic acids is 3. The normalized spacial score (nSPS) is 10.6. The van der Waals surface area contributed by atoms with E-state index < -0.39 is 24.4 Å². The van der Waals surface area contributed by atoms with Crippen LogP contribution in [0.2, 0.25) is 0 Å². The van der Waals surface area contributed by atoms with Crippen molar-refractivity contribution in [1.82, 2.24) is 20.6 Å². The molecule has 8 nitrogen and oxygen atoms in total. The molecule has 2 N–H and O–H groups in total. The highest BCUT2D eigenvalue weighted by Crippen LogP contribution is 2.26. The van der Waals surface area contributed by atoms with E-state index in [1.807, 2.05) is 54.6 Å². The van der Waals surface area contributed by atoms with Crippen molar-refractivity contribution >= 4 is 17.8 Å². The van der Waals surface area contributed by atoms with Crippen LogP contribution in [-0.2, 0) is 14.3 Å². The van der Waals surface area contributed by atoms with Crippen molar-refractivity contribution in [3.05, 3.63) is 71.9 Å². The lowest BCUT2D eigenvalue weighted by molar-refractivity contribution is -0.129. The average Bonchev–Trinajstić information content (AvgIpc) is 3.22. The predicted octanol–water partition coefficient (Wildman–Crippen LogP) is 2.99. The van der Waals surface area contributed by atoms with E-state index in [0.717, 1.165) is 11.3 Å². The highest BCUT2D eigenvalue weighted by Gasteiger charge is 2.21. The molecule has 0 saturated carbocycles. The van der Waals surface area contributed by atoms with Crippen LogP contribution in [0, 0.1) is 0 Å². The number of hydrazine groups is 1. The summed E-state index contributed by atoms with van der Waals surface area (Å²) >= 11 is 0. The van der Waals surface area contributed by atoms with Gasteiger partial charge in [-0.05, 0) is 23.6 Å². The van der Waals surface area contributed by atoms with Crippen molar-refractivity contribution in [3.8, 4) is 16.9 Å². The molecule has 31 heavy (non-hydrogen) atoms. The molecule has 0 saturated heterocycles. The number of nitrogens with one attached hydrogen (secondary N) is 2. The Bertz CT molecular complexity index is 1070. The van der Waals surface area contributed by atoms with Crippen LogP contribution < -0.4 is 10.9 Å². The number of para-hydroxylation sites is 1. The van der Waals surface area contributed by atoms with Crippen LogP contribution in [-0.4, -0.2) is 34.2 Å². The van der Waals surface area contributed by atoms with Crippen molar-refractivity contribution < 1.29 is 19.1 Å². The molecule has 0 aliphatic rings. The molecule has 3 rings (SSSR count). The minimum atomic E-state index is -0.692. The molecular formula is C23H24N4O4. The molecule has 3 aromatic rings. The van der Waals surface area contributed by atoms with Gasteiger partial charge in [-0.25, -0.2) is 9.48 Å². The van der Waals surface area contributed by atoms with Gasteiger partial charge in [-0.15, -0.1) is 0 Å². The third kappa shape index (κ3) is 5.57. The van der Waals surface area contributed by atoms with Crippen LogP contribution in [0.4, 0.5) is 0 Å². The van der Waals surface area contributed by atoms with Crippen molar-refractivity contribution in [1.29, 1.82) is 0 Å². The first kappa shape index (κ1) is 21.8. The summed E-state index contributed by atoms with van der Waals surface area (Å²) in [6.45, 7) is 4.92. The van der Waals surface area contributed by atoms with E-state index in [1.165, 1.54) is 12.5 Å². The van der Waals surface area contributed by atoms with E-state index in [4.69, 9.17) is 4.74 Å². The minimum Gasteiger partial charge on any atom is -0.452 e. The van der Waals surface area contributed by atoms with Gasteiger partial charge in [0.25, 0.3) is 5.91 Å². The fraction of sp³-hybridized carbons (Fsp3) is 0.217. The Morgan fingerprint density at radius 2 is 1.68 bits per heavy atom. The topological polar surface area (TPSA) is 102 Å². The van der Waals surface area contributed by atoms with Gasteiger partial charge >= 0.3 is 5.97 Å². The largest absolute Gasteiger partial charge is 0.452 e. The van der Waals surface area contributed by atoms with E-state index >= 15 is 0 Å². The molecule has 0 atom stereocenters. The molecule has 2 aromatic carbocycles. The number of amides is 2. The van der Waals surface area contributed by atoms with Gasteiger partial charge < -0.3 is 4.74 Å². The predicted molar refractivity (Wildman–Crippen MR) is 115 cm³/mol. The summed E-state index contributed by atoms with van der Waals surface area (Å²) in [6, 6.07) is 17.2. The van der Waals surface area contributed by atoms with Gasteiger partial charge in [0.05, 0.1) is 5.69 Å². The lowest BCUT2D eigenvalue weighted by Gasteiger charge is -2.08. The molecule has 0 spiro atoms. The fourth-order valence-electron chi connectivity index (χ4n) is 2.88. The van der Waals surface area contributed by atoms with Crippen molar-refractivity contribution in [3.63, 3.8) is 0 Å². The fourth-order valence-corrected chi connectivity index (χ4v) is 2.88. The van der Waals surface area contributed by atoms with E-state index in [2.05, 4.69) is 29.8 Å². The Hall–Kier alpha value is -3.94. The van der Waals surface area contributed by atoms with Crippen LogP contribution in [0.1, 0.15) is 42.6 Å². The molecule has 1 heterocycles. The molecule has 8 heteroatoms. The summed E-state index contributed by atoms with van der Waals surface area (Å²) in [5.74, 6) is -1.40. The van der Waals surface area contributed by atoms with Crippen LogP contribution in [0.15, 0.2) is 60.8 Å². The number of carbonyl (C=O) groups is 3. The Morgan fingerprint density at radius 3 is 2.29 bits per heavy atom. The lowest BCUT2D eigenvalue weighted by atomic mass is 10.00. The van der Waals surface area contributed by atoms with E-state index in [1.54, 1.807) is 10.9 Å². The maximum atomic E-state index is 12.8. The van der Waals surface area contributed by atoms with Gasteiger partial charge in [0.15, 0.2) is 6.61 Å². The highest BCUT2D eigenvalue weighted by atomic mass is 16.5. The summed E-state index contributed by atoms with van der Waals surface area (Å²) in [7, 11) is 0.